The van der Waals surface area contributed by atoms with Gasteiger partial charge in [0.25, 0.3) is 0 Å². The van der Waals surface area contributed by atoms with Gasteiger partial charge in [0, 0.05) is 12.5 Å². The van der Waals surface area contributed by atoms with Crippen LogP contribution in [0.4, 0.5) is 0 Å². The van der Waals surface area contributed by atoms with E-state index in [0.717, 1.165) is 22.6 Å². The Kier molecular flexibility index (Phi) is 6.24. The van der Waals surface area contributed by atoms with Gasteiger partial charge in [-0.05, 0) is 43.5 Å². The first-order valence-electron chi connectivity index (χ1n) is 8.09. The molecule has 0 aliphatic heterocycles. The minimum absolute atomic E-state index is 0.00190. The molecule has 1 N–H and O–H groups in total. The highest BCUT2D eigenvalue weighted by molar-refractivity contribution is 5.76. The smallest absolute Gasteiger partial charge is 0.220 e. The second-order valence-corrected chi connectivity index (χ2v) is 5.92. The van der Waals surface area contributed by atoms with Gasteiger partial charge in [0.2, 0.25) is 5.91 Å². The lowest BCUT2D eigenvalue weighted by atomic mass is 10.1. The lowest BCUT2D eigenvalue weighted by Crippen LogP contribution is -2.26. The number of nitrogens with one attached hydrogen (secondary N) is 1. The second kappa shape index (κ2) is 8.39. The molecule has 0 radical (unpaired) electrons. The Hall–Kier alpha value is -2.49. The fourth-order valence-corrected chi connectivity index (χ4v) is 2.52. The molecule has 128 valence electrons. The Morgan fingerprint density at radius 1 is 1.04 bits per heavy atom. The molecule has 1 amide bonds. The Balaban J connectivity index is 1.92. The third kappa shape index (κ3) is 5.01. The zero-order valence-corrected chi connectivity index (χ0v) is 14.8. The highest BCUT2D eigenvalue weighted by atomic mass is 16.5. The van der Waals surface area contributed by atoms with E-state index in [2.05, 4.69) is 24.4 Å². The number of ether oxygens (including phenoxy) is 2. The summed E-state index contributed by atoms with van der Waals surface area (Å²) < 4.78 is 10.5. The number of methoxy groups -OCH3 is 2. The molecule has 0 bridgehead atoms. The van der Waals surface area contributed by atoms with Crippen molar-refractivity contribution in [2.45, 2.75) is 32.7 Å². The van der Waals surface area contributed by atoms with Crippen LogP contribution in [0, 0.1) is 6.92 Å². The van der Waals surface area contributed by atoms with Crippen LogP contribution in [-0.2, 0) is 11.2 Å². The number of amides is 1. The fraction of sp³-hybridized carbons (Fsp3) is 0.350. The summed E-state index contributed by atoms with van der Waals surface area (Å²) in [6, 6.07) is 13.9. The molecule has 1 atom stereocenters. The number of rotatable bonds is 7. The van der Waals surface area contributed by atoms with Crippen molar-refractivity contribution in [3.8, 4) is 11.5 Å². The first-order valence-corrected chi connectivity index (χ1v) is 8.09. The van der Waals surface area contributed by atoms with Gasteiger partial charge in [-0.2, -0.15) is 0 Å². The van der Waals surface area contributed by atoms with Crippen LogP contribution in [-0.4, -0.2) is 20.1 Å². The van der Waals surface area contributed by atoms with E-state index in [9.17, 15) is 4.79 Å². The lowest BCUT2D eigenvalue weighted by molar-refractivity contribution is -0.121. The number of benzene rings is 2. The van der Waals surface area contributed by atoms with Gasteiger partial charge < -0.3 is 14.8 Å². The van der Waals surface area contributed by atoms with Crippen LogP contribution in [0.25, 0.3) is 0 Å². The molecule has 2 aromatic rings. The van der Waals surface area contributed by atoms with Crippen LogP contribution in [0.1, 0.15) is 36.1 Å². The summed E-state index contributed by atoms with van der Waals surface area (Å²) >= 11 is 0. The quantitative estimate of drug-likeness (QED) is 0.841. The van der Waals surface area contributed by atoms with Crippen LogP contribution in [0.3, 0.4) is 0 Å². The summed E-state index contributed by atoms with van der Waals surface area (Å²) in [7, 11) is 3.24. The van der Waals surface area contributed by atoms with Crippen LogP contribution < -0.4 is 14.8 Å². The van der Waals surface area contributed by atoms with E-state index in [1.165, 1.54) is 5.56 Å². The number of hydrogen-bond donors (Lipinski definition) is 1. The number of hydrogen-bond acceptors (Lipinski definition) is 3. The summed E-state index contributed by atoms with van der Waals surface area (Å²) in [5.41, 5.74) is 3.34. The highest BCUT2D eigenvalue weighted by Gasteiger charge is 2.10. The molecule has 1 unspecified atom stereocenters. The number of aryl methyl sites for hydroxylation is 2. The Labute approximate surface area is 143 Å². The molecule has 0 saturated heterocycles. The van der Waals surface area contributed by atoms with E-state index in [-0.39, 0.29) is 11.9 Å². The molecule has 0 saturated carbocycles. The molecule has 0 aliphatic carbocycles. The predicted octanol–water partition coefficient (Wildman–Crippen LogP) is 3.82. The van der Waals surface area contributed by atoms with Gasteiger partial charge in [0.05, 0.1) is 20.3 Å². The van der Waals surface area contributed by atoms with E-state index in [1.807, 2.05) is 37.3 Å². The third-order valence-corrected chi connectivity index (χ3v) is 4.01. The normalized spacial score (nSPS) is 11.7. The van der Waals surface area contributed by atoms with E-state index in [4.69, 9.17) is 9.47 Å². The van der Waals surface area contributed by atoms with Crippen molar-refractivity contribution in [3.05, 3.63) is 59.2 Å². The monoisotopic (exact) mass is 327 g/mol. The number of carbonyl (C=O) groups is 1. The summed E-state index contributed by atoms with van der Waals surface area (Å²) in [6.07, 6.45) is 1.06. The Morgan fingerprint density at radius 2 is 1.62 bits per heavy atom. The molecular weight excluding hydrogens is 302 g/mol. The van der Waals surface area contributed by atoms with E-state index < -0.39 is 0 Å². The van der Waals surface area contributed by atoms with E-state index >= 15 is 0 Å². The summed E-state index contributed by atoms with van der Waals surface area (Å²) in [5.74, 6) is 1.50. The van der Waals surface area contributed by atoms with Crippen molar-refractivity contribution in [1.82, 2.24) is 5.32 Å². The zero-order valence-electron chi connectivity index (χ0n) is 14.8. The van der Waals surface area contributed by atoms with Gasteiger partial charge >= 0.3 is 0 Å². The molecule has 0 heterocycles. The number of carbonyl (C=O) groups excluding carboxylic acids is 1. The standard InChI is InChI=1S/C20H25NO3/c1-14-5-8-17(9-6-14)15(2)21-20(22)10-7-16-11-18(23-3)13-19(12-16)24-4/h5-6,8-9,11-13,15H,7,10H2,1-4H3,(H,21,22). The second-order valence-electron chi connectivity index (χ2n) is 5.92. The van der Waals surface area contributed by atoms with Gasteiger partial charge in [-0.25, -0.2) is 0 Å². The SMILES string of the molecule is COc1cc(CCC(=O)NC(C)c2ccc(C)cc2)cc(OC)c1. The molecule has 2 aromatic carbocycles. The first kappa shape index (κ1) is 17.9. The van der Waals surface area contributed by atoms with Crippen molar-refractivity contribution in [1.29, 1.82) is 0 Å². The van der Waals surface area contributed by atoms with Crippen molar-refractivity contribution < 1.29 is 14.3 Å². The first-order chi connectivity index (χ1) is 11.5. The molecular formula is C20H25NO3. The maximum atomic E-state index is 12.2. The van der Waals surface area contributed by atoms with E-state index in [0.29, 0.717) is 12.8 Å². The van der Waals surface area contributed by atoms with Crippen LogP contribution >= 0.6 is 0 Å². The zero-order chi connectivity index (χ0) is 17.5. The van der Waals surface area contributed by atoms with Crippen molar-refractivity contribution in [3.63, 3.8) is 0 Å². The molecule has 0 spiro atoms. The van der Waals surface area contributed by atoms with Crippen molar-refractivity contribution >= 4 is 5.91 Å². The van der Waals surface area contributed by atoms with E-state index in [1.54, 1.807) is 14.2 Å². The highest BCUT2D eigenvalue weighted by Crippen LogP contribution is 2.23. The van der Waals surface area contributed by atoms with Crippen LogP contribution in [0.2, 0.25) is 0 Å². The van der Waals surface area contributed by atoms with Gasteiger partial charge in [-0.1, -0.05) is 29.8 Å². The molecule has 0 aromatic heterocycles. The molecule has 24 heavy (non-hydrogen) atoms. The van der Waals surface area contributed by atoms with Gasteiger partial charge in [-0.15, -0.1) is 0 Å². The molecule has 2 rings (SSSR count). The molecule has 0 aliphatic rings. The molecule has 0 fully saturated rings. The summed E-state index contributed by atoms with van der Waals surface area (Å²) in [5, 5.41) is 3.04. The average Bonchev–Trinajstić information content (AvgIpc) is 2.60. The lowest BCUT2D eigenvalue weighted by Gasteiger charge is -2.15. The Morgan fingerprint density at radius 3 is 2.17 bits per heavy atom. The molecule has 4 nitrogen and oxygen atoms in total. The summed E-state index contributed by atoms with van der Waals surface area (Å²) in [4.78, 5) is 12.2. The molecule has 4 heteroatoms. The minimum atomic E-state index is -0.00190. The van der Waals surface area contributed by atoms with Gasteiger partial charge in [-0.3, -0.25) is 4.79 Å². The average molecular weight is 327 g/mol. The van der Waals surface area contributed by atoms with Gasteiger partial charge in [0.15, 0.2) is 0 Å². The summed E-state index contributed by atoms with van der Waals surface area (Å²) in [6.45, 7) is 4.05. The van der Waals surface area contributed by atoms with Crippen molar-refractivity contribution in [2.75, 3.05) is 14.2 Å². The predicted molar refractivity (Wildman–Crippen MR) is 95.6 cm³/mol. The topological polar surface area (TPSA) is 47.6 Å². The maximum Gasteiger partial charge on any atom is 0.220 e. The Bertz CT molecular complexity index is 658. The maximum absolute atomic E-state index is 12.2. The van der Waals surface area contributed by atoms with Gasteiger partial charge in [0.1, 0.15) is 11.5 Å². The fourth-order valence-electron chi connectivity index (χ4n) is 2.52. The minimum Gasteiger partial charge on any atom is -0.497 e. The van der Waals surface area contributed by atoms with Crippen LogP contribution in [0.5, 0.6) is 11.5 Å². The van der Waals surface area contributed by atoms with Crippen molar-refractivity contribution in [2.24, 2.45) is 0 Å². The van der Waals surface area contributed by atoms with Crippen LogP contribution in [0.15, 0.2) is 42.5 Å². The largest absolute Gasteiger partial charge is 0.497 e. The third-order valence-electron chi connectivity index (χ3n) is 4.01.